The first-order valence-electron chi connectivity index (χ1n) is 15.6. The Balaban J connectivity index is 1.14. The summed E-state index contributed by atoms with van der Waals surface area (Å²) in [5, 5.41) is 14.7. The lowest BCUT2D eigenvalue weighted by Crippen LogP contribution is -2.51. The lowest BCUT2D eigenvalue weighted by molar-refractivity contribution is -0.129. The molecule has 2 aromatic rings. The number of carbonyl (C=O) groups excluding carboxylic acids is 5. The molecular formula is C33H42FN5O5S. The monoisotopic (exact) mass is 639 g/mol. The van der Waals surface area contributed by atoms with Gasteiger partial charge in [-0.1, -0.05) is 48.9 Å². The SMILES string of the molecule is O=C[C@H](CCCCNC(=O)CCCC[C@@H]1SC[C@@H]2NC(=O)N[C@@H]21)NC(=O)[C@H](Cc1ccccc1)NC(=O)Cc1cccc(F)c1. The van der Waals surface area contributed by atoms with Crippen LogP contribution in [-0.4, -0.2) is 71.8 Å². The highest BCUT2D eigenvalue weighted by Gasteiger charge is 2.42. The highest BCUT2D eigenvalue weighted by Crippen LogP contribution is 2.33. The summed E-state index contributed by atoms with van der Waals surface area (Å²) in [6, 6.07) is 13.6. The quantitative estimate of drug-likeness (QED) is 0.0964. The summed E-state index contributed by atoms with van der Waals surface area (Å²) in [5.74, 6) is -0.442. The van der Waals surface area contributed by atoms with Gasteiger partial charge in [0.15, 0.2) is 0 Å². The van der Waals surface area contributed by atoms with Crippen molar-refractivity contribution in [1.29, 1.82) is 0 Å². The maximum Gasteiger partial charge on any atom is 0.315 e. The van der Waals surface area contributed by atoms with Crippen molar-refractivity contribution in [2.24, 2.45) is 0 Å². The lowest BCUT2D eigenvalue weighted by Gasteiger charge is -2.21. The molecule has 5 amide bonds. The van der Waals surface area contributed by atoms with Crippen molar-refractivity contribution in [2.75, 3.05) is 12.3 Å². The van der Waals surface area contributed by atoms with E-state index < -0.39 is 29.7 Å². The van der Waals surface area contributed by atoms with Gasteiger partial charge in [-0.05, 0) is 55.4 Å². The van der Waals surface area contributed by atoms with Crippen LogP contribution in [0.15, 0.2) is 54.6 Å². The van der Waals surface area contributed by atoms with E-state index in [-0.39, 0.29) is 36.9 Å². The number of hydrogen-bond donors (Lipinski definition) is 5. The number of thioether (sulfide) groups is 1. The highest BCUT2D eigenvalue weighted by molar-refractivity contribution is 8.00. The number of benzene rings is 2. The minimum absolute atomic E-state index is 0.0132. The topological polar surface area (TPSA) is 146 Å². The van der Waals surface area contributed by atoms with Gasteiger partial charge < -0.3 is 31.4 Å². The van der Waals surface area contributed by atoms with Crippen molar-refractivity contribution in [1.82, 2.24) is 26.6 Å². The van der Waals surface area contributed by atoms with E-state index in [1.54, 1.807) is 6.07 Å². The molecule has 2 heterocycles. The van der Waals surface area contributed by atoms with Crippen LogP contribution in [0.5, 0.6) is 0 Å². The van der Waals surface area contributed by atoms with Gasteiger partial charge in [-0.2, -0.15) is 11.8 Å². The van der Waals surface area contributed by atoms with Gasteiger partial charge in [0.1, 0.15) is 18.1 Å². The van der Waals surface area contributed by atoms with Crippen LogP contribution in [0.1, 0.15) is 56.1 Å². The summed E-state index contributed by atoms with van der Waals surface area (Å²) in [6.45, 7) is 0.477. The van der Waals surface area contributed by atoms with E-state index in [0.717, 1.165) is 30.6 Å². The molecule has 0 spiro atoms. The highest BCUT2D eigenvalue weighted by atomic mass is 32.2. The van der Waals surface area contributed by atoms with Crippen molar-refractivity contribution in [3.63, 3.8) is 0 Å². The Morgan fingerprint density at radius 1 is 0.956 bits per heavy atom. The van der Waals surface area contributed by atoms with Crippen LogP contribution in [0, 0.1) is 5.82 Å². The molecule has 5 atom stereocenters. The number of amides is 5. The van der Waals surface area contributed by atoms with Crippen LogP contribution >= 0.6 is 11.8 Å². The van der Waals surface area contributed by atoms with Crippen LogP contribution in [0.2, 0.25) is 0 Å². The third kappa shape index (κ3) is 11.2. The summed E-state index contributed by atoms with van der Waals surface area (Å²) in [5.41, 5.74) is 1.33. The van der Waals surface area contributed by atoms with Gasteiger partial charge in [0.25, 0.3) is 0 Å². The van der Waals surface area contributed by atoms with Crippen molar-refractivity contribution >= 4 is 41.8 Å². The third-order valence-electron chi connectivity index (χ3n) is 8.02. The number of hydrogen-bond acceptors (Lipinski definition) is 6. The summed E-state index contributed by atoms with van der Waals surface area (Å²) in [7, 11) is 0. The van der Waals surface area contributed by atoms with Gasteiger partial charge in [-0.15, -0.1) is 0 Å². The van der Waals surface area contributed by atoms with Crippen LogP contribution in [0.25, 0.3) is 0 Å². The molecular weight excluding hydrogens is 597 g/mol. The normalized spacial score (nSPS) is 19.8. The van der Waals surface area contributed by atoms with Gasteiger partial charge in [0.05, 0.1) is 24.5 Å². The first kappa shape index (κ1) is 34.0. The smallest absolute Gasteiger partial charge is 0.315 e. The number of nitrogens with one attached hydrogen (secondary N) is 5. The number of fused-ring (bicyclic) bond motifs is 1. The molecule has 10 nitrogen and oxygen atoms in total. The number of halogens is 1. The molecule has 45 heavy (non-hydrogen) atoms. The van der Waals surface area contributed by atoms with Gasteiger partial charge >= 0.3 is 6.03 Å². The summed E-state index contributed by atoms with van der Waals surface area (Å²) in [6.07, 6.45) is 5.59. The maximum atomic E-state index is 13.6. The number of aldehydes is 1. The Morgan fingerprint density at radius 2 is 1.76 bits per heavy atom. The van der Waals surface area contributed by atoms with Crippen LogP contribution in [0.4, 0.5) is 9.18 Å². The fraction of sp³-hybridized carbons (Fsp3) is 0.485. The van der Waals surface area contributed by atoms with Gasteiger partial charge in [-0.25, -0.2) is 9.18 Å². The largest absolute Gasteiger partial charge is 0.356 e. The Morgan fingerprint density at radius 3 is 2.53 bits per heavy atom. The zero-order valence-corrected chi connectivity index (χ0v) is 26.1. The molecule has 2 fully saturated rings. The number of unbranched alkanes of at least 4 members (excludes halogenated alkanes) is 2. The van der Waals surface area contributed by atoms with E-state index in [1.807, 2.05) is 42.1 Å². The standard InChI is InChI=1S/C33H42FN5O5S/c34-24-12-8-11-23(17-24)19-30(42)37-26(18-22-9-2-1-3-10-22)32(43)36-25(20-40)13-6-7-16-35-29(41)15-5-4-14-28-31-27(21-45-28)38-33(44)39-31/h1-3,8-12,17,20,25-28,31H,4-7,13-16,18-19,21H2,(H,35,41)(H,36,43)(H,37,42)(H2,38,39,44)/t25-,26-,27-,28-,31-/m0/s1. The summed E-state index contributed by atoms with van der Waals surface area (Å²) in [4.78, 5) is 61.5. The van der Waals surface area contributed by atoms with Crippen LogP contribution < -0.4 is 26.6 Å². The molecule has 0 aromatic heterocycles. The van der Waals surface area contributed by atoms with E-state index >= 15 is 0 Å². The average molecular weight is 640 g/mol. The second kappa shape index (κ2) is 17.5. The Bertz CT molecular complexity index is 1320. The zero-order valence-electron chi connectivity index (χ0n) is 25.3. The molecule has 242 valence electrons. The summed E-state index contributed by atoms with van der Waals surface area (Å²) >= 11 is 1.87. The van der Waals surface area contributed by atoms with Gasteiger partial charge in [0, 0.05) is 30.4 Å². The molecule has 2 aliphatic heterocycles. The number of rotatable bonds is 18. The fourth-order valence-corrected chi connectivity index (χ4v) is 7.22. The molecule has 0 bridgehead atoms. The predicted molar refractivity (Wildman–Crippen MR) is 171 cm³/mol. The molecule has 12 heteroatoms. The Labute approximate surface area is 267 Å². The molecule has 5 N–H and O–H groups in total. The maximum absolute atomic E-state index is 13.6. The molecule has 4 rings (SSSR count). The van der Waals surface area contributed by atoms with E-state index in [9.17, 15) is 28.4 Å². The minimum Gasteiger partial charge on any atom is -0.356 e. The number of urea groups is 1. The molecule has 0 saturated carbocycles. The van der Waals surface area contributed by atoms with E-state index in [0.29, 0.717) is 49.3 Å². The Hall–Kier alpha value is -3.93. The predicted octanol–water partition coefficient (Wildman–Crippen LogP) is 2.79. The van der Waals surface area contributed by atoms with Crippen molar-refractivity contribution in [2.45, 2.75) is 87.2 Å². The van der Waals surface area contributed by atoms with E-state index in [4.69, 9.17) is 0 Å². The van der Waals surface area contributed by atoms with Crippen LogP contribution in [0.3, 0.4) is 0 Å². The van der Waals surface area contributed by atoms with Crippen LogP contribution in [-0.2, 0) is 32.0 Å². The number of carbonyl (C=O) groups is 5. The van der Waals surface area contributed by atoms with Gasteiger partial charge in [0.2, 0.25) is 17.7 Å². The minimum atomic E-state index is -0.919. The average Bonchev–Trinajstić information content (AvgIpc) is 3.57. The second-order valence-electron chi connectivity index (χ2n) is 11.6. The molecule has 2 aromatic carbocycles. The molecule has 0 aliphatic carbocycles. The first-order valence-corrected chi connectivity index (χ1v) is 16.6. The summed E-state index contributed by atoms with van der Waals surface area (Å²) < 4.78 is 13.6. The molecule has 2 saturated heterocycles. The molecule has 2 aliphatic rings. The Kier molecular flexibility index (Phi) is 13.2. The van der Waals surface area contributed by atoms with Gasteiger partial charge in [-0.3, -0.25) is 14.4 Å². The second-order valence-corrected chi connectivity index (χ2v) is 12.9. The fourth-order valence-electron chi connectivity index (χ4n) is 5.67. The van der Waals surface area contributed by atoms with E-state index in [1.165, 1.54) is 18.2 Å². The zero-order chi connectivity index (χ0) is 32.0. The van der Waals surface area contributed by atoms with E-state index in [2.05, 4.69) is 26.6 Å². The third-order valence-corrected chi connectivity index (χ3v) is 9.53. The molecule has 0 unspecified atom stereocenters. The molecule has 0 radical (unpaired) electrons. The first-order chi connectivity index (χ1) is 21.8. The van der Waals surface area contributed by atoms with Crippen molar-refractivity contribution in [3.05, 3.63) is 71.5 Å². The lowest BCUT2D eigenvalue weighted by atomic mass is 10.0. The van der Waals surface area contributed by atoms with Crippen molar-refractivity contribution < 1.29 is 28.4 Å². The van der Waals surface area contributed by atoms with Crippen molar-refractivity contribution in [3.8, 4) is 0 Å².